The first-order chi connectivity index (χ1) is 13.4. The Balaban J connectivity index is 1.57. The average molecular weight is 391 g/mol. The molecule has 1 aromatic heterocycles. The minimum absolute atomic E-state index is 0.0371. The molecule has 0 unspecified atom stereocenters. The Labute approximate surface area is 161 Å². The zero-order valence-electron chi connectivity index (χ0n) is 15.7. The van der Waals surface area contributed by atoms with Gasteiger partial charge in [0, 0.05) is 32.7 Å². The monoisotopic (exact) mass is 391 g/mol. The van der Waals surface area contributed by atoms with Crippen LogP contribution in [-0.2, 0) is 11.3 Å². The van der Waals surface area contributed by atoms with Crippen molar-refractivity contribution >= 4 is 23.8 Å². The molecule has 9 nitrogen and oxygen atoms in total. The third kappa shape index (κ3) is 4.97. The molecule has 1 fully saturated rings. The van der Waals surface area contributed by atoms with E-state index < -0.39 is 11.8 Å². The van der Waals surface area contributed by atoms with Crippen LogP contribution in [0.25, 0.3) is 0 Å². The van der Waals surface area contributed by atoms with Gasteiger partial charge in [0.05, 0.1) is 18.5 Å². The lowest BCUT2D eigenvalue weighted by atomic mass is 10.1. The fourth-order valence-electron chi connectivity index (χ4n) is 2.90. The first kappa shape index (κ1) is 19.6. The summed E-state index contributed by atoms with van der Waals surface area (Å²) < 4.78 is 23.8. The standard InChI is InChI=1S/C18H22FN5O4/c1-12-11-28-17(20-12)22-16(25)21-15-9-13(3-4-14(15)19)10-23-5-7-24(8-6-23)18(26)27-2/h3-4,9,11H,5-8,10H2,1-2H3,(H2,20,21,22,25). The number of carbonyl (C=O) groups excluding carboxylic acids is 2. The van der Waals surface area contributed by atoms with Crippen molar-refractivity contribution in [3.05, 3.63) is 41.5 Å². The minimum atomic E-state index is -0.649. The van der Waals surface area contributed by atoms with Crippen molar-refractivity contribution < 1.29 is 23.1 Å². The Morgan fingerprint density at radius 3 is 2.64 bits per heavy atom. The van der Waals surface area contributed by atoms with Gasteiger partial charge in [0.1, 0.15) is 12.1 Å². The van der Waals surface area contributed by atoms with Gasteiger partial charge in [0.25, 0.3) is 0 Å². The number of carbonyl (C=O) groups is 2. The zero-order valence-corrected chi connectivity index (χ0v) is 15.7. The molecular weight excluding hydrogens is 369 g/mol. The van der Waals surface area contributed by atoms with Gasteiger partial charge in [-0.3, -0.25) is 10.2 Å². The molecule has 0 saturated carbocycles. The van der Waals surface area contributed by atoms with Crippen molar-refractivity contribution in [1.29, 1.82) is 0 Å². The van der Waals surface area contributed by atoms with Crippen LogP contribution in [0.15, 0.2) is 28.9 Å². The van der Waals surface area contributed by atoms with E-state index in [1.165, 1.54) is 19.4 Å². The lowest BCUT2D eigenvalue weighted by Crippen LogP contribution is -2.48. The molecule has 0 aliphatic carbocycles. The number of methoxy groups -OCH3 is 1. The number of oxazole rings is 1. The molecule has 10 heteroatoms. The van der Waals surface area contributed by atoms with Crippen LogP contribution in [0.2, 0.25) is 0 Å². The minimum Gasteiger partial charge on any atom is -0.453 e. The van der Waals surface area contributed by atoms with Crippen molar-refractivity contribution in [3.8, 4) is 0 Å². The Morgan fingerprint density at radius 1 is 1.25 bits per heavy atom. The number of amides is 3. The van der Waals surface area contributed by atoms with Crippen LogP contribution < -0.4 is 10.6 Å². The highest BCUT2D eigenvalue weighted by molar-refractivity contribution is 5.98. The molecule has 1 saturated heterocycles. The maximum Gasteiger partial charge on any atom is 0.409 e. The Kier molecular flexibility index (Phi) is 6.09. The van der Waals surface area contributed by atoms with Crippen molar-refractivity contribution in [2.75, 3.05) is 43.9 Å². The fourth-order valence-corrected chi connectivity index (χ4v) is 2.90. The molecule has 1 aliphatic heterocycles. The summed E-state index contributed by atoms with van der Waals surface area (Å²) in [4.78, 5) is 31.3. The summed E-state index contributed by atoms with van der Waals surface area (Å²) in [6, 6.07) is 3.95. The van der Waals surface area contributed by atoms with Crippen LogP contribution in [0.3, 0.4) is 0 Å². The predicted octanol–water partition coefficient (Wildman–Crippen LogP) is 2.65. The maximum absolute atomic E-state index is 14.1. The highest BCUT2D eigenvalue weighted by Gasteiger charge is 2.21. The number of nitrogens with one attached hydrogen (secondary N) is 2. The summed E-state index contributed by atoms with van der Waals surface area (Å²) >= 11 is 0. The molecule has 1 aliphatic rings. The van der Waals surface area contributed by atoms with E-state index in [1.54, 1.807) is 24.0 Å². The van der Waals surface area contributed by atoms with Gasteiger partial charge in [-0.05, 0) is 24.6 Å². The predicted molar refractivity (Wildman–Crippen MR) is 99.5 cm³/mol. The number of ether oxygens (including phenoxy) is 1. The molecule has 1 aromatic carbocycles. The van der Waals surface area contributed by atoms with E-state index >= 15 is 0 Å². The second-order valence-corrected chi connectivity index (χ2v) is 6.42. The molecule has 2 N–H and O–H groups in total. The van der Waals surface area contributed by atoms with Gasteiger partial charge in [0.15, 0.2) is 0 Å². The van der Waals surface area contributed by atoms with Crippen molar-refractivity contribution in [1.82, 2.24) is 14.8 Å². The number of nitrogens with zero attached hydrogens (tertiary/aromatic N) is 3. The summed E-state index contributed by atoms with van der Waals surface area (Å²) in [5, 5.41) is 4.87. The number of rotatable bonds is 4. The van der Waals surface area contributed by atoms with Crippen LogP contribution in [0, 0.1) is 12.7 Å². The van der Waals surface area contributed by atoms with Crippen molar-refractivity contribution in [3.63, 3.8) is 0 Å². The summed E-state index contributed by atoms with van der Waals surface area (Å²) in [7, 11) is 1.36. The quantitative estimate of drug-likeness (QED) is 0.831. The highest BCUT2D eigenvalue weighted by Crippen LogP contribution is 2.19. The molecule has 150 valence electrons. The molecule has 2 aromatic rings. The van der Waals surface area contributed by atoms with Gasteiger partial charge < -0.3 is 19.4 Å². The van der Waals surface area contributed by atoms with Gasteiger partial charge in [0.2, 0.25) is 0 Å². The lowest BCUT2D eigenvalue weighted by molar-refractivity contribution is 0.0889. The summed E-state index contributed by atoms with van der Waals surface area (Å²) in [5.74, 6) is -0.544. The van der Waals surface area contributed by atoms with Crippen LogP contribution in [0.1, 0.15) is 11.3 Å². The SMILES string of the molecule is COC(=O)N1CCN(Cc2ccc(F)c(NC(=O)Nc3nc(C)co3)c2)CC1. The van der Waals surface area contributed by atoms with E-state index in [9.17, 15) is 14.0 Å². The number of benzene rings is 1. The van der Waals surface area contributed by atoms with Crippen LogP contribution in [-0.4, -0.2) is 60.2 Å². The van der Waals surface area contributed by atoms with Crippen LogP contribution >= 0.6 is 0 Å². The van der Waals surface area contributed by atoms with Crippen LogP contribution in [0.4, 0.5) is 25.7 Å². The van der Waals surface area contributed by atoms with E-state index in [4.69, 9.17) is 9.15 Å². The molecule has 0 atom stereocenters. The average Bonchev–Trinajstić information content (AvgIpc) is 3.09. The first-order valence-corrected chi connectivity index (χ1v) is 8.78. The number of urea groups is 1. The number of aromatic nitrogens is 1. The fraction of sp³-hybridized carbons (Fsp3) is 0.389. The Hall–Kier alpha value is -3.14. The van der Waals surface area contributed by atoms with Gasteiger partial charge >= 0.3 is 18.1 Å². The smallest absolute Gasteiger partial charge is 0.409 e. The topological polar surface area (TPSA) is 99.9 Å². The van der Waals surface area contributed by atoms with Gasteiger partial charge in [-0.2, -0.15) is 4.98 Å². The molecule has 0 spiro atoms. The third-order valence-corrected chi connectivity index (χ3v) is 4.33. The third-order valence-electron chi connectivity index (χ3n) is 4.33. The summed E-state index contributed by atoms with van der Waals surface area (Å²) in [5.41, 5.74) is 1.53. The van der Waals surface area contributed by atoms with Gasteiger partial charge in [-0.1, -0.05) is 6.07 Å². The molecule has 3 amide bonds. The Bertz CT molecular complexity index is 848. The molecule has 3 rings (SSSR count). The number of anilines is 2. The summed E-state index contributed by atoms with van der Waals surface area (Å²) in [6.07, 6.45) is 1.07. The largest absolute Gasteiger partial charge is 0.453 e. The molecule has 0 radical (unpaired) electrons. The molecule has 2 heterocycles. The molecule has 0 bridgehead atoms. The van der Waals surface area contributed by atoms with E-state index in [2.05, 4.69) is 20.5 Å². The second-order valence-electron chi connectivity index (χ2n) is 6.42. The van der Waals surface area contributed by atoms with E-state index in [0.717, 1.165) is 5.56 Å². The van der Waals surface area contributed by atoms with Crippen LogP contribution in [0.5, 0.6) is 0 Å². The zero-order chi connectivity index (χ0) is 20.1. The van der Waals surface area contributed by atoms with E-state index in [0.29, 0.717) is 38.4 Å². The maximum atomic E-state index is 14.1. The lowest BCUT2D eigenvalue weighted by Gasteiger charge is -2.33. The van der Waals surface area contributed by atoms with E-state index in [1.807, 2.05) is 0 Å². The molecular formula is C18H22FN5O4. The normalized spacial score (nSPS) is 14.6. The number of piperazine rings is 1. The van der Waals surface area contributed by atoms with Crippen molar-refractivity contribution in [2.45, 2.75) is 13.5 Å². The van der Waals surface area contributed by atoms with Gasteiger partial charge in [-0.15, -0.1) is 0 Å². The van der Waals surface area contributed by atoms with Gasteiger partial charge in [-0.25, -0.2) is 14.0 Å². The number of hydrogen-bond acceptors (Lipinski definition) is 6. The number of aryl methyl sites for hydroxylation is 1. The second kappa shape index (κ2) is 8.70. The van der Waals surface area contributed by atoms with E-state index in [-0.39, 0.29) is 17.8 Å². The highest BCUT2D eigenvalue weighted by atomic mass is 19.1. The first-order valence-electron chi connectivity index (χ1n) is 8.78. The van der Waals surface area contributed by atoms with Crippen molar-refractivity contribution in [2.24, 2.45) is 0 Å². The molecule has 28 heavy (non-hydrogen) atoms. The number of halogens is 1. The number of hydrogen-bond donors (Lipinski definition) is 2. The summed E-state index contributed by atoms with van der Waals surface area (Å²) in [6.45, 7) is 4.79. The Morgan fingerprint density at radius 2 is 2.00 bits per heavy atom.